The second kappa shape index (κ2) is 2.73. The molecule has 0 N–H and O–H groups in total. The first-order chi connectivity index (χ1) is 5.72. The van der Waals surface area contributed by atoms with Crippen molar-refractivity contribution in [1.82, 2.24) is 4.90 Å². The zero-order chi connectivity index (χ0) is 8.72. The van der Waals surface area contributed by atoms with Crippen LogP contribution in [0.5, 0.6) is 0 Å². The Labute approximate surface area is 72.7 Å². The molecule has 0 bridgehead atoms. The van der Waals surface area contributed by atoms with Crippen molar-refractivity contribution in [1.29, 1.82) is 0 Å². The van der Waals surface area contributed by atoms with Gasteiger partial charge >= 0.3 is 5.97 Å². The smallest absolute Gasteiger partial charge is 0.306 e. The van der Waals surface area contributed by atoms with Crippen LogP contribution in [0.2, 0.25) is 0 Å². The van der Waals surface area contributed by atoms with Gasteiger partial charge in [-0.25, -0.2) is 0 Å². The van der Waals surface area contributed by atoms with Crippen LogP contribution < -0.4 is 0 Å². The van der Waals surface area contributed by atoms with Crippen LogP contribution >= 0.6 is 0 Å². The molecular formula is C9H15NO2. The van der Waals surface area contributed by atoms with E-state index in [1.807, 2.05) is 0 Å². The standard InChI is InChI=1S/C9H15NO2/c1-3-7-6-4-9(11)12-8(6)5-10(7)2/h6-8H,3-5H2,1-2H3. The Morgan fingerprint density at radius 1 is 1.67 bits per heavy atom. The average Bonchev–Trinajstić information content (AvgIpc) is 2.43. The molecule has 68 valence electrons. The van der Waals surface area contributed by atoms with Crippen molar-refractivity contribution < 1.29 is 9.53 Å². The zero-order valence-corrected chi connectivity index (χ0v) is 7.62. The van der Waals surface area contributed by atoms with E-state index in [-0.39, 0.29) is 12.1 Å². The van der Waals surface area contributed by atoms with Gasteiger partial charge in [-0.2, -0.15) is 0 Å². The molecule has 0 aromatic heterocycles. The van der Waals surface area contributed by atoms with Crippen LogP contribution in [-0.2, 0) is 9.53 Å². The number of ether oxygens (including phenoxy) is 1. The summed E-state index contributed by atoms with van der Waals surface area (Å²) < 4.78 is 5.21. The minimum Gasteiger partial charge on any atom is -0.461 e. The number of likely N-dealkylation sites (tertiary alicyclic amines) is 1. The molecule has 12 heavy (non-hydrogen) atoms. The molecule has 0 saturated carbocycles. The molecule has 0 aromatic rings. The summed E-state index contributed by atoms with van der Waals surface area (Å²) in [4.78, 5) is 13.3. The molecule has 0 spiro atoms. The maximum absolute atomic E-state index is 11.0. The van der Waals surface area contributed by atoms with Gasteiger partial charge in [-0.1, -0.05) is 6.92 Å². The highest BCUT2D eigenvalue weighted by molar-refractivity contribution is 5.72. The van der Waals surface area contributed by atoms with E-state index in [1.54, 1.807) is 0 Å². The lowest BCUT2D eigenvalue weighted by atomic mass is 9.95. The minimum atomic E-state index is -0.00319. The number of esters is 1. The van der Waals surface area contributed by atoms with Gasteiger partial charge in [0, 0.05) is 18.5 Å². The Kier molecular flexibility index (Phi) is 1.83. The molecule has 2 aliphatic heterocycles. The molecule has 3 atom stereocenters. The van der Waals surface area contributed by atoms with E-state index < -0.39 is 0 Å². The number of hydrogen-bond donors (Lipinski definition) is 0. The third kappa shape index (κ3) is 1.04. The molecule has 3 heteroatoms. The lowest BCUT2D eigenvalue weighted by molar-refractivity contribution is -0.141. The maximum atomic E-state index is 11.0. The summed E-state index contributed by atoms with van der Waals surface area (Å²) in [5, 5.41) is 0. The molecule has 0 radical (unpaired) electrons. The SMILES string of the molecule is CCC1C2CC(=O)OC2CN1C. The number of nitrogens with zero attached hydrogens (tertiary/aromatic N) is 1. The molecule has 3 nitrogen and oxygen atoms in total. The van der Waals surface area contributed by atoms with Gasteiger partial charge in [-0.15, -0.1) is 0 Å². The van der Waals surface area contributed by atoms with Crippen LogP contribution in [-0.4, -0.2) is 36.6 Å². The summed E-state index contributed by atoms with van der Waals surface area (Å²) in [5.74, 6) is 0.462. The van der Waals surface area contributed by atoms with Crippen LogP contribution in [0.15, 0.2) is 0 Å². The van der Waals surface area contributed by atoms with Crippen molar-refractivity contribution in [2.75, 3.05) is 13.6 Å². The highest BCUT2D eigenvalue weighted by Gasteiger charge is 2.46. The third-order valence-electron chi connectivity index (χ3n) is 3.11. The summed E-state index contributed by atoms with van der Waals surface area (Å²) in [6.45, 7) is 3.10. The molecule has 2 rings (SSSR count). The van der Waals surface area contributed by atoms with Crippen LogP contribution in [0.1, 0.15) is 19.8 Å². The van der Waals surface area contributed by atoms with E-state index >= 15 is 0 Å². The molecule has 2 heterocycles. The van der Waals surface area contributed by atoms with E-state index in [0.29, 0.717) is 18.4 Å². The van der Waals surface area contributed by atoms with Crippen LogP contribution in [0.4, 0.5) is 0 Å². The lowest BCUT2D eigenvalue weighted by Gasteiger charge is -2.20. The van der Waals surface area contributed by atoms with Gasteiger partial charge < -0.3 is 4.74 Å². The van der Waals surface area contributed by atoms with Crippen molar-refractivity contribution in [3.8, 4) is 0 Å². The molecule has 0 amide bonds. The number of hydrogen-bond acceptors (Lipinski definition) is 3. The largest absolute Gasteiger partial charge is 0.461 e. The fraction of sp³-hybridized carbons (Fsp3) is 0.889. The van der Waals surface area contributed by atoms with Crippen LogP contribution in [0, 0.1) is 5.92 Å². The molecule has 2 aliphatic rings. The fourth-order valence-corrected chi connectivity index (χ4v) is 2.55. The number of carbonyl (C=O) groups is 1. The van der Waals surface area contributed by atoms with Gasteiger partial charge in [-0.05, 0) is 13.5 Å². The predicted molar refractivity (Wildman–Crippen MR) is 44.7 cm³/mol. The van der Waals surface area contributed by atoms with Gasteiger partial charge in [0.15, 0.2) is 0 Å². The molecule has 3 unspecified atom stereocenters. The Morgan fingerprint density at radius 3 is 3.08 bits per heavy atom. The third-order valence-corrected chi connectivity index (χ3v) is 3.11. The van der Waals surface area contributed by atoms with Gasteiger partial charge in [0.2, 0.25) is 0 Å². The maximum Gasteiger partial charge on any atom is 0.306 e. The highest BCUT2D eigenvalue weighted by Crippen LogP contribution is 2.35. The van der Waals surface area contributed by atoms with E-state index in [0.717, 1.165) is 13.0 Å². The van der Waals surface area contributed by atoms with E-state index in [1.165, 1.54) is 0 Å². The van der Waals surface area contributed by atoms with E-state index in [9.17, 15) is 4.79 Å². The first-order valence-corrected chi connectivity index (χ1v) is 4.62. The summed E-state index contributed by atoms with van der Waals surface area (Å²) in [6.07, 6.45) is 1.94. The van der Waals surface area contributed by atoms with Crippen LogP contribution in [0.25, 0.3) is 0 Å². The van der Waals surface area contributed by atoms with Crippen LogP contribution in [0.3, 0.4) is 0 Å². The monoisotopic (exact) mass is 169 g/mol. The Hall–Kier alpha value is -0.570. The average molecular weight is 169 g/mol. The molecule has 2 fully saturated rings. The van der Waals surface area contributed by atoms with E-state index in [4.69, 9.17) is 4.74 Å². The van der Waals surface area contributed by atoms with Crippen molar-refractivity contribution >= 4 is 5.97 Å². The Morgan fingerprint density at radius 2 is 2.42 bits per heavy atom. The van der Waals surface area contributed by atoms with Crippen molar-refractivity contribution in [3.63, 3.8) is 0 Å². The summed E-state index contributed by atoms with van der Waals surface area (Å²) >= 11 is 0. The van der Waals surface area contributed by atoms with Gasteiger partial charge in [-0.3, -0.25) is 9.69 Å². The first kappa shape index (κ1) is 8.05. The summed E-state index contributed by atoms with van der Waals surface area (Å²) in [6, 6.07) is 0.557. The second-order valence-electron chi connectivity index (χ2n) is 3.81. The highest BCUT2D eigenvalue weighted by atomic mass is 16.6. The number of carbonyl (C=O) groups excluding carboxylic acids is 1. The van der Waals surface area contributed by atoms with Gasteiger partial charge in [0.05, 0.1) is 6.42 Å². The predicted octanol–water partition coefficient (Wildman–Crippen LogP) is 0.642. The lowest BCUT2D eigenvalue weighted by Crippen LogP contribution is -2.28. The molecule has 0 aliphatic carbocycles. The molecule has 0 aromatic carbocycles. The van der Waals surface area contributed by atoms with E-state index in [2.05, 4.69) is 18.9 Å². The molecular weight excluding hydrogens is 154 g/mol. The van der Waals surface area contributed by atoms with Crippen molar-refractivity contribution in [2.24, 2.45) is 5.92 Å². The fourth-order valence-electron chi connectivity index (χ4n) is 2.55. The normalized spacial score (nSPS) is 41.5. The summed E-state index contributed by atoms with van der Waals surface area (Å²) in [7, 11) is 2.11. The minimum absolute atomic E-state index is 0.00319. The van der Waals surface area contributed by atoms with Gasteiger partial charge in [0.25, 0.3) is 0 Å². The number of rotatable bonds is 1. The molecule has 2 saturated heterocycles. The van der Waals surface area contributed by atoms with Crippen molar-refractivity contribution in [2.45, 2.75) is 31.9 Å². The quantitative estimate of drug-likeness (QED) is 0.539. The Balaban J connectivity index is 2.11. The first-order valence-electron chi connectivity index (χ1n) is 4.62. The van der Waals surface area contributed by atoms with Gasteiger partial charge in [0.1, 0.15) is 6.10 Å². The number of likely N-dealkylation sites (N-methyl/N-ethyl adjacent to an activating group) is 1. The Bertz CT molecular complexity index is 205. The topological polar surface area (TPSA) is 29.5 Å². The summed E-state index contributed by atoms with van der Waals surface area (Å²) in [5.41, 5.74) is 0. The van der Waals surface area contributed by atoms with Crippen molar-refractivity contribution in [3.05, 3.63) is 0 Å². The zero-order valence-electron chi connectivity index (χ0n) is 7.62. The second-order valence-corrected chi connectivity index (χ2v) is 3.81. The number of fused-ring (bicyclic) bond motifs is 1.